The predicted octanol–water partition coefficient (Wildman–Crippen LogP) is 3.79. The monoisotopic (exact) mass is 396 g/mol. The Morgan fingerprint density at radius 2 is 1.72 bits per heavy atom. The normalized spacial score (nSPS) is 22.9. The lowest BCUT2D eigenvalue weighted by atomic mass is 9.84. The van der Waals surface area contributed by atoms with Crippen molar-refractivity contribution >= 4 is 11.6 Å². The topological polar surface area (TPSA) is 59.4 Å². The van der Waals surface area contributed by atoms with E-state index in [2.05, 4.69) is 47.2 Å². The molecule has 1 saturated carbocycles. The molecule has 1 aliphatic carbocycles. The number of hydrogen-bond acceptors (Lipinski definition) is 4. The van der Waals surface area contributed by atoms with Gasteiger partial charge in [0.1, 0.15) is 0 Å². The number of piperazine rings is 1. The first-order chi connectivity index (χ1) is 14.0. The van der Waals surface area contributed by atoms with Gasteiger partial charge in [0.15, 0.2) is 0 Å². The lowest BCUT2D eigenvalue weighted by Crippen LogP contribution is -2.47. The minimum Gasteiger partial charge on any atom is -0.369 e. The van der Waals surface area contributed by atoms with Crippen LogP contribution in [0.3, 0.4) is 0 Å². The van der Waals surface area contributed by atoms with Gasteiger partial charge >= 0.3 is 0 Å². The number of carbonyl (C=O) groups is 1. The van der Waals surface area contributed by atoms with Gasteiger partial charge in [0.05, 0.1) is 6.07 Å². The smallest absolute Gasteiger partial charge is 0.221 e. The lowest BCUT2D eigenvalue weighted by molar-refractivity contribution is -0.122. The van der Waals surface area contributed by atoms with Crippen LogP contribution < -0.4 is 10.2 Å². The highest BCUT2D eigenvalue weighted by atomic mass is 16.1. The van der Waals surface area contributed by atoms with E-state index in [-0.39, 0.29) is 5.91 Å². The van der Waals surface area contributed by atoms with Gasteiger partial charge in [-0.25, -0.2) is 0 Å². The molecule has 1 amide bonds. The molecule has 0 atom stereocenters. The Hall–Kier alpha value is -2.06. The van der Waals surface area contributed by atoms with Gasteiger partial charge in [0.25, 0.3) is 0 Å². The second-order valence-electron chi connectivity index (χ2n) is 8.91. The molecule has 5 nitrogen and oxygen atoms in total. The van der Waals surface area contributed by atoms with Gasteiger partial charge in [-0.2, -0.15) is 5.26 Å². The van der Waals surface area contributed by atoms with Gasteiger partial charge in [-0.05, 0) is 81.7 Å². The third-order valence-electron chi connectivity index (χ3n) is 6.47. The quantitative estimate of drug-likeness (QED) is 0.762. The Kier molecular flexibility index (Phi) is 7.94. The van der Waals surface area contributed by atoms with Crippen LogP contribution in [0.1, 0.15) is 56.1 Å². The van der Waals surface area contributed by atoms with Gasteiger partial charge in [-0.1, -0.05) is 6.07 Å². The standard InChI is InChI=1S/C24H36N4O/c1-19-16-20(2)18-23(17-19)28-14-12-27(13-15-28)11-9-21-5-7-22(8-6-21)26-24(29)4-3-10-25/h16-18,21-22H,3-9,11-15H2,1-2H3,(H,26,29). The average molecular weight is 397 g/mol. The third-order valence-corrected chi connectivity index (χ3v) is 6.47. The summed E-state index contributed by atoms with van der Waals surface area (Å²) in [6.07, 6.45) is 6.53. The summed E-state index contributed by atoms with van der Waals surface area (Å²) in [5.41, 5.74) is 4.07. The number of nitriles is 1. The lowest BCUT2D eigenvalue weighted by Gasteiger charge is -2.37. The van der Waals surface area contributed by atoms with Crippen LogP contribution >= 0.6 is 0 Å². The molecule has 0 radical (unpaired) electrons. The summed E-state index contributed by atoms with van der Waals surface area (Å²) in [7, 11) is 0. The van der Waals surface area contributed by atoms with Crippen molar-refractivity contribution in [1.82, 2.24) is 10.2 Å². The fourth-order valence-electron chi connectivity index (χ4n) is 4.79. The first-order valence-corrected chi connectivity index (χ1v) is 11.3. The van der Waals surface area contributed by atoms with Crippen molar-refractivity contribution in [3.63, 3.8) is 0 Å². The predicted molar refractivity (Wildman–Crippen MR) is 118 cm³/mol. The van der Waals surface area contributed by atoms with Crippen molar-refractivity contribution in [2.45, 2.75) is 64.8 Å². The summed E-state index contributed by atoms with van der Waals surface area (Å²) >= 11 is 0. The first kappa shape index (κ1) is 21.6. The highest BCUT2D eigenvalue weighted by Crippen LogP contribution is 2.27. The fourth-order valence-corrected chi connectivity index (χ4v) is 4.79. The molecular formula is C24H36N4O. The number of carbonyl (C=O) groups excluding carboxylic acids is 1. The Labute approximate surface area is 176 Å². The van der Waals surface area contributed by atoms with E-state index < -0.39 is 0 Å². The van der Waals surface area contributed by atoms with Crippen LogP contribution in [-0.2, 0) is 4.79 Å². The van der Waals surface area contributed by atoms with E-state index in [9.17, 15) is 4.79 Å². The van der Waals surface area contributed by atoms with Crippen LogP contribution in [0.25, 0.3) is 0 Å². The van der Waals surface area contributed by atoms with Crippen LogP contribution in [0.5, 0.6) is 0 Å². The van der Waals surface area contributed by atoms with Gasteiger partial charge in [0.2, 0.25) is 5.91 Å². The molecule has 2 fully saturated rings. The molecule has 1 aromatic carbocycles. The maximum atomic E-state index is 11.8. The Morgan fingerprint density at radius 1 is 1.07 bits per heavy atom. The van der Waals surface area contributed by atoms with Gasteiger partial charge < -0.3 is 10.2 Å². The number of nitrogens with zero attached hydrogens (tertiary/aromatic N) is 3. The van der Waals surface area contributed by atoms with Crippen LogP contribution in [-0.4, -0.2) is 49.6 Å². The SMILES string of the molecule is Cc1cc(C)cc(N2CCN(CCC3CCC(NC(=O)CCC#N)CC3)CC2)c1. The van der Waals surface area contributed by atoms with Gasteiger partial charge in [0, 0.05) is 50.7 Å². The second-order valence-corrected chi connectivity index (χ2v) is 8.91. The summed E-state index contributed by atoms with van der Waals surface area (Å²) in [6.45, 7) is 10.1. The minimum absolute atomic E-state index is 0.0386. The molecule has 0 bridgehead atoms. The van der Waals surface area contributed by atoms with Crippen LogP contribution in [0, 0.1) is 31.1 Å². The number of rotatable bonds is 7. The number of aryl methyl sites for hydroxylation is 2. The van der Waals surface area contributed by atoms with E-state index in [1.807, 2.05) is 6.07 Å². The molecule has 1 heterocycles. The molecular weight excluding hydrogens is 360 g/mol. The molecule has 5 heteroatoms. The summed E-state index contributed by atoms with van der Waals surface area (Å²) in [5, 5.41) is 11.7. The first-order valence-electron chi connectivity index (χ1n) is 11.3. The van der Waals surface area contributed by atoms with E-state index in [0.29, 0.717) is 18.9 Å². The maximum absolute atomic E-state index is 11.8. The summed E-state index contributed by atoms with van der Waals surface area (Å²) in [6, 6.07) is 9.21. The molecule has 1 N–H and O–H groups in total. The molecule has 3 rings (SSSR count). The van der Waals surface area contributed by atoms with E-state index in [1.54, 1.807) is 0 Å². The second kappa shape index (κ2) is 10.6. The summed E-state index contributed by atoms with van der Waals surface area (Å²) in [4.78, 5) is 16.9. The molecule has 2 aliphatic rings. The van der Waals surface area contributed by atoms with Crippen molar-refractivity contribution in [2.24, 2.45) is 5.92 Å². The Balaban J connectivity index is 1.33. The number of benzene rings is 1. The van der Waals surface area contributed by atoms with Gasteiger partial charge in [-0.3, -0.25) is 9.69 Å². The van der Waals surface area contributed by atoms with Crippen molar-refractivity contribution in [2.75, 3.05) is 37.6 Å². The van der Waals surface area contributed by atoms with E-state index >= 15 is 0 Å². The molecule has 1 saturated heterocycles. The molecule has 0 unspecified atom stereocenters. The highest BCUT2D eigenvalue weighted by Gasteiger charge is 2.24. The molecule has 1 aliphatic heterocycles. The van der Waals surface area contributed by atoms with Crippen molar-refractivity contribution in [1.29, 1.82) is 5.26 Å². The maximum Gasteiger partial charge on any atom is 0.221 e. The van der Waals surface area contributed by atoms with Crippen LogP contribution in [0.4, 0.5) is 5.69 Å². The Bertz CT molecular complexity index is 690. The van der Waals surface area contributed by atoms with E-state index in [0.717, 1.165) is 44.9 Å². The highest BCUT2D eigenvalue weighted by molar-refractivity contribution is 5.76. The zero-order chi connectivity index (χ0) is 20.6. The number of amides is 1. The zero-order valence-electron chi connectivity index (χ0n) is 18.1. The van der Waals surface area contributed by atoms with Crippen LogP contribution in [0.15, 0.2) is 18.2 Å². The Morgan fingerprint density at radius 3 is 2.34 bits per heavy atom. The third kappa shape index (κ3) is 6.75. The molecule has 0 spiro atoms. The largest absolute Gasteiger partial charge is 0.369 e. The van der Waals surface area contributed by atoms with Crippen molar-refractivity contribution in [3.8, 4) is 6.07 Å². The summed E-state index contributed by atoms with van der Waals surface area (Å²) < 4.78 is 0. The van der Waals surface area contributed by atoms with E-state index in [4.69, 9.17) is 5.26 Å². The van der Waals surface area contributed by atoms with Crippen LogP contribution in [0.2, 0.25) is 0 Å². The molecule has 29 heavy (non-hydrogen) atoms. The molecule has 1 aromatic rings. The summed E-state index contributed by atoms with van der Waals surface area (Å²) in [5.74, 6) is 0.830. The van der Waals surface area contributed by atoms with E-state index in [1.165, 1.54) is 42.6 Å². The van der Waals surface area contributed by atoms with Crippen molar-refractivity contribution in [3.05, 3.63) is 29.3 Å². The molecule has 0 aromatic heterocycles. The fraction of sp³-hybridized carbons (Fsp3) is 0.667. The zero-order valence-corrected chi connectivity index (χ0v) is 18.1. The number of anilines is 1. The van der Waals surface area contributed by atoms with Crippen molar-refractivity contribution < 1.29 is 4.79 Å². The molecule has 158 valence electrons. The average Bonchev–Trinajstić information content (AvgIpc) is 2.71. The number of hydrogen-bond donors (Lipinski definition) is 1. The minimum atomic E-state index is 0.0386. The number of nitrogens with one attached hydrogen (secondary N) is 1. The van der Waals surface area contributed by atoms with Gasteiger partial charge in [-0.15, -0.1) is 0 Å².